The van der Waals surface area contributed by atoms with Crippen molar-refractivity contribution < 1.29 is 14.0 Å². The number of carbonyl (C=O) groups excluding carboxylic acids is 2. The average Bonchev–Trinajstić information content (AvgIpc) is 3.14. The van der Waals surface area contributed by atoms with E-state index in [1.54, 1.807) is 48.6 Å². The Bertz CT molecular complexity index is 1000. The summed E-state index contributed by atoms with van der Waals surface area (Å²) in [5.74, 6) is -0.407. The van der Waals surface area contributed by atoms with Gasteiger partial charge in [0.25, 0.3) is 0 Å². The summed E-state index contributed by atoms with van der Waals surface area (Å²) < 4.78 is 12.9. The van der Waals surface area contributed by atoms with Crippen molar-refractivity contribution in [2.75, 3.05) is 11.1 Å². The van der Waals surface area contributed by atoms with Gasteiger partial charge in [-0.1, -0.05) is 30.0 Å². The number of primary amides is 1. The highest BCUT2D eigenvalue weighted by Crippen LogP contribution is 2.15. The molecule has 1 aromatic heterocycles. The summed E-state index contributed by atoms with van der Waals surface area (Å²) >= 11 is 1.18. The number of thioether (sulfide) groups is 1. The Balaban J connectivity index is 1.50. The Kier molecular flexibility index (Phi) is 6.18. The molecule has 0 saturated carbocycles. The molecule has 0 aliphatic heterocycles. The highest BCUT2D eigenvalue weighted by Gasteiger charge is 2.08. The van der Waals surface area contributed by atoms with E-state index in [1.807, 2.05) is 0 Å². The summed E-state index contributed by atoms with van der Waals surface area (Å²) in [4.78, 5) is 27.3. The monoisotopic (exact) mass is 397 g/mol. The Morgan fingerprint density at radius 2 is 1.82 bits per heavy atom. The van der Waals surface area contributed by atoms with Gasteiger partial charge in [-0.3, -0.25) is 14.7 Å². The standard InChI is InChI=1S/C19H16FN5O2S/c20-14-6-1-12(2-7-14)3-10-16-23-19(25-24-16)28-11-17(26)22-15-8-4-13(5-9-15)18(21)27/h1-10H,11H2,(H2,21,27)(H,22,26)(H,23,24,25)/b10-3+. The van der Waals surface area contributed by atoms with Crippen LogP contribution in [0.25, 0.3) is 12.2 Å². The van der Waals surface area contributed by atoms with Gasteiger partial charge in [0.05, 0.1) is 5.75 Å². The van der Waals surface area contributed by atoms with E-state index in [9.17, 15) is 14.0 Å². The van der Waals surface area contributed by atoms with Crippen LogP contribution < -0.4 is 11.1 Å². The minimum atomic E-state index is -0.526. The third-order valence-electron chi connectivity index (χ3n) is 3.57. The second-order valence-corrected chi connectivity index (χ2v) is 6.61. The van der Waals surface area contributed by atoms with E-state index in [-0.39, 0.29) is 17.5 Å². The van der Waals surface area contributed by atoms with Gasteiger partial charge in [-0.2, -0.15) is 0 Å². The number of carbonyl (C=O) groups is 2. The number of nitrogens with one attached hydrogen (secondary N) is 2. The van der Waals surface area contributed by atoms with Crippen molar-refractivity contribution in [3.8, 4) is 0 Å². The van der Waals surface area contributed by atoms with E-state index in [1.165, 1.54) is 23.9 Å². The molecular weight excluding hydrogens is 381 g/mol. The maximum absolute atomic E-state index is 12.9. The van der Waals surface area contributed by atoms with Crippen molar-refractivity contribution in [3.05, 3.63) is 71.3 Å². The Hall–Kier alpha value is -3.46. The molecule has 7 nitrogen and oxygen atoms in total. The molecule has 3 rings (SSSR count). The van der Waals surface area contributed by atoms with Gasteiger partial charge in [-0.05, 0) is 48.0 Å². The van der Waals surface area contributed by atoms with Gasteiger partial charge in [-0.15, -0.1) is 5.10 Å². The van der Waals surface area contributed by atoms with Gasteiger partial charge in [0.2, 0.25) is 17.0 Å². The number of H-pyrrole nitrogens is 1. The molecule has 0 saturated heterocycles. The molecule has 28 heavy (non-hydrogen) atoms. The van der Waals surface area contributed by atoms with Crippen LogP contribution in [0.4, 0.5) is 10.1 Å². The van der Waals surface area contributed by atoms with E-state index < -0.39 is 5.91 Å². The number of halogens is 1. The SMILES string of the molecule is NC(=O)c1ccc(NC(=O)CSc2n[nH]c(/C=C/c3ccc(F)cc3)n2)cc1. The van der Waals surface area contributed by atoms with Crippen LogP contribution in [0.3, 0.4) is 0 Å². The summed E-state index contributed by atoms with van der Waals surface area (Å²) in [6, 6.07) is 12.3. The fraction of sp³-hybridized carbons (Fsp3) is 0.0526. The zero-order valence-electron chi connectivity index (χ0n) is 14.6. The van der Waals surface area contributed by atoms with Crippen molar-refractivity contribution in [2.45, 2.75) is 5.16 Å². The molecule has 0 atom stereocenters. The Morgan fingerprint density at radius 3 is 2.50 bits per heavy atom. The number of nitrogens with zero attached hydrogens (tertiary/aromatic N) is 2. The number of nitrogens with two attached hydrogens (primary N) is 1. The summed E-state index contributed by atoms with van der Waals surface area (Å²) in [5.41, 5.74) is 6.93. The van der Waals surface area contributed by atoms with Gasteiger partial charge in [0.1, 0.15) is 11.6 Å². The largest absolute Gasteiger partial charge is 0.366 e. The summed E-state index contributed by atoms with van der Waals surface area (Å²) in [6.07, 6.45) is 3.49. The zero-order chi connectivity index (χ0) is 19.9. The van der Waals surface area contributed by atoms with E-state index in [2.05, 4.69) is 20.5 Å². The fourth-order valence-electron chi connectivity index (χ4n) is 2.19. The van der Waals surface area contributed by atoms with Crippen molar-refractivity contribution in [2.24, 2.45) is 5.73 Å². The van der Waals surface area contributed by atoms with Crippen LogP contribution in [0, 0.1) is 5.82 Å². The molecule has 0 bridgehead atoms. The van der Waals surface area contributed by atoms with Crippen LogP contribution in [0.1, 0.15) is 21.7 Å². The summed E-state index contributed by atoms with van der Waals surface area (Å²) in [6.45, 7) is 0. The van der Waals surface area contributed by atoms with Gasteiger partial charge >= 0.3 is 0 Å². The van der Waals surface area contributed by atoms with E-state index >= 15 is 0 Å². The third kappa shape index (κ3) is 5.52. The van der Waals surface area contributed by atoms with Crippen molar-refractivity contribution in [1.82, 2.24) is 15.2 Å². The number of aromatic amines is 1. The molecule has 0 aliphatic carbocycles. The lowest BCUT2D eigenvalue weighted by Gasteiger charge is -2.04. The number of aromatic nitrogens is 3. The highest BCUT2D eigenvalue weighted by atomic mass is 32.2. The molecule has 0 unspecified atom stereocenters. The number of rotatable bonds is 7. The molecule has 9 heteroatoms. The van der Waals surface area contributed by atoms with Crippen LogP contribution in [0.2, 0.25) is 0 Å². The lowest BCUT2D eigenvalue weighted by molar-refractivity contribution is -0.113. The number of hydrogen-bond acceptors (Lipinski definition) is 5. The first-order chi connectivity index (χ1) is 13.5. The number of amides is 2. The van der Waals surface area contributed by atoms with E-state index in [0.29, 0.717) is 22.2 Å². The van der Waals surface area contributed by atoms with Crippen molar-refractivity contribution >= 4 is 41.4 Å². The topological polar surface area (TPSA) is 114 Å². The zero-order valence-corrected chi connectivity index (χ0v) is 15.4. The first kappa shape index (κ1) is 19.3. The van der Waals surface area contributed by atoms with E-state index in [0.717, 1.165) is 5.56 Å². The lowest BCUT2D eigenvalue weighted by Crippen LogP contribution is -2.15. The maximum Gasteiger partial charge on any atom is 0.248 e. The third-order valence-corrected chi connectivity index (χ3v) is 4.42. The predicted octanol–water partition coefficient (Wildman–Crippen LogP) is 2.94. The van der Waals surface area contributed by atoms with Crippen LogP contribution in [0.5, 0.6) is 0 Å². The van der Waals surface area contributed by atoms with Crippen molar-refractivity contribution in [3.63, 3.8) is 0 Å². The van der Waals surface area contributed by atoms with Crippen LogP contribution >= 0.6 is 11.8 Å². The molecule has 2 amide bonds. The Labute approximate surface area is 164 Å². The number of anilines is 1. The quantitative estimate of drug-likeness (QED) is 0.531. The smallest absolute Gasteiger partial charge is 0.248 e. The Morgan fingerprint density at radius 1 is 1.11 bits per heavy atom. The van der Waals surface area contributed by atoms with Gasteiger partial charge < -0.3 is 11.1 Å². The van der Waals surface area contributed by atoms with Crippen LogP contribution in [-0.4, -0.2) is 32.7 Å². The summed E-state index contributed by atoms with van der Waals surface area (Å²) in [7, 11) is 0. The lowest BCUT2D eigenvalue weighted by atomic mass is 10.2. The normalized spacial score (nSPS) is 10.9. The highest BCUT2D eigenvalue weighted by molar-refractivity contribution is 7.99. The molecule has 0 spiro atoms. The molecule has 2 aromatic carbocycles. The number of benzene rings is 2. The minimum absolute atomic E-state index is 0.122. The molecule has 4 N–H and O–H groups in total. The second-order valence-electron chi connectivity index (χ2n) is 5.67. The van der Waals surface area contributed by atoms with Gasteiger partial charge in [0.15, 0.2) is 0 Å². The molecule has 142 valence electrons. The minimum Gasteiger partial charge on any atom is -0.366 e. The first-order valence-electron chi connectivity index (χ1n) is 8.18. The fourth-order valence-corrected chi connectivity index (χ4v) is 2.80. The van der Waals surface area contributed by atoms with Crippen LogP contribution in [-0.2, 0) is 4.79 Å². The average molecular weight is 397 g/mol. The molecule has 3 aromatic rings. The second kappa shape index (κ2) is 8.96. The molecular formula is C19H16FN5O2S. The molecule has 0 aliphatic rings. The van der Waals surface area contributed by atoms with Crippen molar-refractivity contribution in [1.29, 1.82) is 0 Å². The van der Waals surface area contributed by atoms with Crippen LogP contribution in [0.15, 0.2) is 53.7 Å². The van der Waals surface area contributed by atoms with E-state index in [4.69, 9.17) is 5.73 Å². The number of hydrogen-bond donors (Lipinski definition) is 3. The first-order valence-corrected chi connectivity index (χ1v) is 9.17. The maximum atomic E-state index is 12.9. The molecule has 0 fully saturated rings. The molecule has 0 radical (unpaired) electrons. The molecule has 1 heterocycles. The summed E-state index contributed by atoms with van der Waals surface area (Å²) in [5, 5.41) is 9.94. The predicted molar refractivity (Wildman–Crippen MR) is 106 cm³/mol. The van der Waals surface area contributed by atoms with Gasteiger partial charge in [0, 0.05) is 11.3 Å². The van der Waals surface area contributed by atoms with Gasteiger partial charge in [-0.25, -0.2) is 9.37 Å².